The minimum atomic E-state index is -0.537. The lowest BCUT2D eigenvalue weighted by molar-refractivity contribution is -0.385. The maximum atomic E-state index is 12.2. The summed E-state index contributed by atoms with van der Waals surface area (Å²) in [6.07, 6.45) is 0. The van der Waals surface area contributed by atoms with Crippen molar-refractivity contribution in [2.75, 3.05) is 12.4 Å². The van der Waals surface area contributed by atoms with Crippen LogP contribution in [0, 0.1) is 17.0 Å². The number of methoxy groups -OCH3 is 1. The predicted octanol–water partition coefficient (Wildman–Crippen LogP) is 3.04. The van der Waals surface area contributed by atoms with Gasteiger partial charge in [0.2, 0.25) is 0 Å². The largest absolute Gasteiger partial charge is 0.495 e. The predicted molar refractivity (Wildman–Crippen MR) is 94.5 cm³/mol. The number of nitrogens with one attached hydrogen (secondary N) is 2. The first-order valence-electron chi connectivity index (χ1n) is 6.92. The average molecular weight is 345 g/mol. The SMILES string of the molecule is COc1ccccc1NC(=S)NC(=O)c1ccc(C)c([N+](=O)[O-])c1. The molecule has 2 rings (SSSR count). The summed E-state index contributed by atoms with van der Waals surface area (Å²) in [5.74, 6) is 0.0329. The summed E-state index contributed by atoms with van der Waals surface area (Å²) < 4.78 is 5.18. The number of hydrogen-bond donors (Lipinski definition) is 2. The number of para-hydroxylation sites is 2. The van der Waals surface area contributed by atoms with E-state index in [-0.39, 0.29) is 16.4 Å². The van der Waals surface area contributed by atoms with Gasteiger partial charge in [-0.25, -0.2) is 0 Å². The zero-order chi connectivity index (χ0) is 17.7. The lowest BCUT2D eigenvalue weighted by Crippen LogP contribution is -2.34. The van der Waals surface area contributed by atoms with E-state index in [0.717, 1.165) is 0 Å². The van der Waals surface area contributed by atoms with E-state index in [4.69, 9.17) is 17.0 Å². The van der Waals surface area contributed by atoms with Crippen LogP contribution in [0.2, 0.25) is 0 Å². The summed E-state index contributed by atoms with van der Waals surface area (Å²) in [6.45, 7) is 1.60. The van der Waals surface area contributed by atoms with Gasteiger partial charge in [0.25, 0.3) is 11.6 Å². The Morgan fingerprint density at radius 1 is 1.25 bits per heavy atom. The number of amides is 1. The summed E-state index contributed by atoms with van der Waals surface area (Å²) in [5.41, 5.74) is 1.11. The topological polar surface area (TPSA) is 93.5 Å². The van der Waals surface area contributed by atoms with Gasteiger partial charge in [0, 0.05) is 17.2 Å². The van der Waals surface area contributed by atoms with Crippen molar-refractivity contribution in [3.63, 3.8) is 0 Å². The standard InChI is InChI=1S/C16H15N3O4S/c1-10-7-8-11(9-13(10)19(21)22)15(20)18-16(24)17-12-5-3-4-6-14(12)23-2/h3-9H,1-2H3,(H2,17,18,20,24). The molecular formula is C16H15N3O4S. The van der Waals surface area contributed by atoms with Gasteiger partial charge in [-0.1, -0.05) is 18.2 Å². The van der Waals surface area contributed by atoms with Crippen molar-refractivity contribution >= 4 is 34.6 Å². The van der Waals surface area contributed by atoms with Crippen molar-refractivity contribution in [1.29, 1.82) is 0 Å². The molecule has 0 heterocycles. The van der Waals surface area contributed by atoms with E-state index in [0.29, 0.717) is 17.0 Å². The lowest BCUT2D eigenvalue weighted by atomic mass is 10.1. The number of carbonyl (C=O) groups excluding carboxylic acids is 1. The van der Waals surface area contributed by atoms with Crippen LogP contribution >= 0.6 is 12.2 Å². The third kappa shape index (κ3) is 4.05. The highest BCUT2D eigenvalue weighted by atomic mass is 32.1. The zero-order valence-corrected chi connectivity index (χ0v) is 13.8. The Hall–Kier alpha value is -3.00. The highest BCUT2D eigenvalue weighted by molar-refractivity contribution is 7.80. The first-order chi connectivity index (χ1) is 11.4. The maximum absolute atomic E-state index is 12.2. The average Bonchev–Trinajstić information content (AvgIpc) is 2.55. The third-order valence-electron chi connectivity index (χ3n) is 3.25. The molecule has 0 saturated heterocycles. The molecule has 8 heteroatoms. The van der Waals surface area contributed by atoms with Crippen molar-refractivity contribution in [3.8, 4) is 5.75 Å². The molecule has 0 saturated carbocycles. The lowest BCUT2D eigenvalue weighted by Gasteiger charge is -2.12. The fraction of sp³-hybridized carbons (Fsp3) is 0.125. The Kier molecular flexibility index (Phi) is 5.43. The number of nitrogens with zero attached hydrogens (tertiary/aromatic N) is 1. The van der Waals surface area contributed by atoms with Gasteiger partial charge in [-0.15, -0.1) is 0 Å². The second-order valence-electron chi connectivity index (χ2n) is 4.87. The van der Waals surface area contributed by atoms with Crippen molar-refractivity contribution < 1.29 is 14.5 Å². The molecule has 7 nitrogen and oxygen atoms in total. The molecule has 2 N–H and O–H groups in total. The number of anilines is 1. The van der Waals surface area contributed by atoms with Crippen LogP contribution in [0.1, 0.15) is 15.9 Å². The Balaban J connectivity index is 2.10. The number of hydrogen-bond acceptors (Lipinski definition) is 5. The Bertz CT molecular complexity index is 808. The monoisotopic (exact) mass is 345 g/mol. The van der Waals surface area contributed by atoms with Gasteiger partial charge in [-0.3, -0.25) is 20.2 Å². The smallest absolute Gasteiger partial charge is 0.273 e. The van der Waals surface area contributed by atoms with Crippen molar-refractivity contribution in [1.82, 2.24) is 5.32 Å². The van der Waals surface area contributed by atoms with Crippen LogP contribution in [0.4, 0.5) is 11.4 Å². The molecule has 0 aliphatic carbocycles. The second kappa shape index (κ2) is 7.51. The van der Waals surface area contributed by atoms with Crippen molar-refractivity contribution in [3.05, 3.63) is 63.7 Å². The number of aryl methyl sites for hydroxylation is 1. The molecule has 0 aromatic heterocycles. The first-order valence-corrected chi connectivity index (χ1v) is 7.33. The molecule has 124 valence electrons. The number of rotatable bonds is 4. The Morgan fingerprint density at radius 3 is 2.62 bits per heavy atom. The van der Waals surface area contributed by atoms with Gasteiger partial charge in [0.15, 0.2) is 5.11 Å². The summed E-state index contributed by atoms with van der Waals surface area (Å²) in [4.78, 5) is 22.6. The molecule has 24 heavy (non-hydrogen) atoms. The molecule has 2 aromatic carbocycles. The number of benzene rings is 2. The minimum absolute atomic E-state index is 0.0627. The van der Waals surface area contributed by atoms with Gasteiger partial charge in [-0.2, -0.15) is 0 Å². The number of thiocarbonyl (C=S) groups is 1. The van der Waals surface area contributed by atoms with Gasteiger partial charge in [0.1, 0.15) is 5.75 Å². The number of nitro groups is 1. The van der Waals surface area contributed by atoms with E-state index in [9.17, 15) is 14.9 Å². The summed E-state index contributed by atoms with van der Waals surface area (Å²) in [6, 6.07) is 11.3. The molecule has 0 aliphatic rings. The minimum Gasteiger partial charge on any atom is -0.495 e. The van der Waals surface area contributed by atoms with Crippen LogP contribution in [0.3, 0.4) is 0 Å². The van der Waals surface area contributed by atoms with E-state index >= 15 is 0 Å². The number of nitro benzene ring substituents is 1. The fourth-order valence-electron chi connectivity index (χ4n) is 2.02. The number of carbonyl (C=O) groups is 1. The molecule has 0 fully saturated rings. The summed E-state index contributed by atoms with van der Waals surface area (Å²) in [5, 5.41) is 16.4. The first kappa shape index (κ1) is 17.4. The van der Waals surface area contributed by atoms with Crippen molar-refractivity contribution in [2.24, 2.45) is 0 Å². The second-order valence-corrected chi connectivity index (χ2v) is 5.28. The molecule has 0 atom stereocenters. The van der Waals surface area contributed by atoms with Crippen LogP contribution in [0.15, 0.2) is 42.5 Å². The third-order valence-corrected chi connectivity index (χ3v) is 3.45. The van der Waals surface area contributed by atoms with E-state index in [1.165, 1.54) is 25.3 Å². The van der Waals surface area contributed by atoms with E-state index < -0.39 is 10.8 Å². The highest BCUT2D eigenvalue weighted by Crippen LogP contribution is 2.23. The van der Waals surface area contributed by atoms with Crippen LogP contribution in [0.5, 0.6) is 5.75 Å². The van der Waals surface area contributed by atoms with Crippen LogP contribution in [-0.2, 0) is 0 Å². The molecule has 0 unspecified atom stereocenters. The maximum Gasteiger partial charge on any atom is 0.273 e. The van der Waals surface area contributed by atoms with Crippen LogP contribution in [-0.4, -0.2) is 23.1 Å². The van der Waals surface area contributed by atoms with Gasteiger partial charge in [0.05, 0.1) is 17.7 Å². The van der Waals surface area contributed by atoms with E-state index in [1.807, 2.05) is 0 Å². The zero-order valence-electron chi connectivity index (χ0n) is 13.0. The highest BCUT2D eigenvalue weighted by Gasteiger charge is 2.16. The number of ether oxygens (including phenoxy) is 1. The molecule has 0 radical (unpaired) electrons. The Morgan fingerprint density at radius 2 is 1.96 bits per heavy atom. The normalized spacial score (nSPS) is 9.92. The van der Waals surface area contributed by atoms with Gasteiger partial charge in [-0.05, 0) is 37.3 Å². The van der Waals surface area contributed by atoms with Gasteiger partial charge < -0.3 is 10.1 Å². The van der Waals surface area contributed by atoms with Gasteiger partial charge >= 0.3 is 0 Å². The molecular weight excluding hydrogens is 330 g/mol. The fourth-order valence-corrected chi connectivity index (χ4v) is 2.23. The summed E-state index contributed by atoms with van der Waals surface area (Å²) >= 11 is 5.10. The van der Waals surface area contributed by atoms with E-state index in [1.54, 1.807) is 31.2 Å². The molecule has 0 spiro atoms. The van der Waals surface area contributed by atoms with Crippen LogP contribution < -0.4 is 15.4 Å². The molecule has 0 bridgehead atoms. The summed E-state index contributed by atoms with van der Waals surface area (Å²) in [7, 11) is 1.52. The molecule has 2 aromatic rings. The quantitative estimate of drug-likeness (QED) is 0.502. The van der Waals surface area contributed by atoms with Crippen molar-refractivity contribution in [2.45, 2.75) is 6.92 Å². The van der Waals surface area contributed by atoms with E-state index in [2.05, 4.69) is 10.6 Å². The Labute approximate surface area is 143 Å². The van der Waals surface area contributed by atoms with Crippen LogP contribution in [0.25, 0.3) is 0 Å². The molecule has 1 amide bonds. The molecule has 0 aliphatic heterocycles.